The Kier molecular flexibility index (Phi) is 5.56. The Morgan fingerprint density at radius 3 is 2.85 bits per heavy atom. The van der Waals surface area contributed by atoms with E-state index in [1.165, 1.54) is 31.2 Å². The van der Waals surface area contributed by atoms with Crippen molar-refractivity contribution in [1.82, 2.24) is 19.9 Å². The summed E-state index contributed by atoms with van der Waals surface area (Å²) in [6.45, 7) is 2.50. The van der Waals surface area contributed by atoms with Crippen LogP contribution in [0.5, 0.6) is 0 Å². The molecule has 1 saturated carbocycles. The first-order chi connectivity index (χ1) is 13.2. The molecule has 1 unspecified atom stereocenters. The van der Waals surface area contributed by atoms with E-state index in [1.807, 2.05) is 10.9 Å². The lowest BCUT2D eigenvalue weighted by Gasteiger charge is -2.21. The standard InChI is InChI=1S/C22H28N4O/c1-25(2)14-19-13-18(9-8-17-6-7-17)10-11-21(19)22-16-26(24-23-22)15-20-5-3-4-12-27-20/h10-11,13,16-17,20H,3-7,12,14-15H2,1-2H3. The van der Waals surface area contributed by atoms with Crippen molar-refractivity contribution in [3.8, 4) is 23.1 Å². The Hall–Kier alpha value is -2.16. The maximum absolute atomic E-state index is 5.83. The lowest BCUT2D eigenvalue weighted by Crippen LogP contribution is -2.24. The molecule has 2 aliphatic rings. The van der Waals surface area contributed by atoms with Gasteiger partial charge in [-0.2, -0.15) is 0 Å². The summed E-state index contributed by atoms with van der Waals surface area (Å²) in [5, 5.41) is 8.78. The fourth-order valence-electron chi connectivity index (χ4n) is 3.48. The van der Waals surface area contributed by atoms with Crippen molar-refractivity contribution in [2.75, 3.05) is 20.7 Å². The van der Waals surface area contributed by atoms with Gasteiger partial charge < -0.3 is 9.64 Å². The van der Waals surface area contributed by atoms with E-state index in [0.29, 0.717) is 5.92 Å². The smallest absolute Gasteiger partial charge is 0.113 e. The van der Waals surface area contributed by atoms with Crippen LogP contribution in [0.1, 0.15) is 43.2 Å². The van der Waals surface area contributed by atoms with Crippen molar-refractivity contribution in [3.63, 3.8) is 0 Å². The quantitative estimate of drug-likeness (QED) is 0.763. The van der Waals surface area contributed by atoms with Gasteiger partial charge in [0.15, 0.2) is 0 Å². The van der Waals surface area contributed by atoms with Crippen LogP contribution in [0, 0.1) is 17.8 Å². The van der Waals surface area contributed by atoms with Crippen LogP contribution in [0.3, 0.4) is 0 Å². The zero-order chi connectivity index (χ0) is 18.6. The first-order valence-electron chi connectivity index (χ1n) is 9.98. The molecule has 1 saturated heterocycles. The maximum Gasteiger partial charge on any atom is 0.113 e. The van der Waals surface area contributed by atoms with Gasteiger partial charge in [-0.15, -0.1) is 5.10 Å². The van der Waals surface area contributed by atoms with Crippen LogP contribution in [-0.4, -0.2) is 46.7 Å². The number of nitrogens with zero attached hydrogens (tertiary/aromatic N) is 4. The summed E-state index contributed by atoms with van der Waals surface area (Å²) in [4.78, 5) is 2.18. The monoisotopic (exact) mass is 364 g/mol. The molecular weight excluding hydrogens is 336 g/mol. The van der Waals surface area contributed by atoms with Crippen LogP contribution in [0.15, 0.2) is 24.4 Å². The van der Waals surface area contributed by atoms with Crippen molar-refractivity contribution in [2.24, 2.45) is 5.92 Å². The lowest BCUT2D eigenvalue weighted by atomic mass is 10.0. The van der Waals surface area contributed by atoms with Gasteiger partial charge in [-0.1, -0.05) is 23.1 Å². The zero-order valence-electron chi connectivity index (χ0n) is 16.3. The summed E-state index contributed by atoms with van der Waals surface area (Å²) in [6.07, 6.45) is 8.32. The third-order valence-corrected chi connectivity index (χ3v) is 5.07. The molecule has 1 aliphatic heterocycles. The highest BCUT2D eigenvalue weighted by Crippen LogP contribution is 2.28. The molecule has 2 fully saturated rings. The molecule has 4 rings (SSSR count). The van der Waals surface area contributed by atoms with E-state index < -0.39 is 0 Å². The molecule has 0 amide bonds. The van der Waals surface area contributed by atoms with Gasteiger partial charge in [0.2, 0.25) is 0 Å². The molecule has 1 aromatic carbocycles. The van der Waals surface area contributed by atoms with Crippen LogP contribution in [0.2, 0.25) is 0 Å². The Morgan fingerprint density at radius 1 is 1.22 bits per heavy atom. The van der Waals surface area contributed by atoms with Crippen molar-refractivity contribution in [2.45, 2.75) is 51.3 Å². The van der Waals surface area contributed by atoms with Gasteiger partial charge >= 0.3 is 0 Å². The first-order valence-corrected chi connectivity index (χ1v) is 9.98. The fraction of sp³-hybridized carbons (Fsp3) is 0.545. The molecule has 27 heavy (non-hydrogen) atoms. The van der Waals surface area contributed by atoms with Crippen molar-refractivity contribution in [1.29, 1.82) is 0 Å². The Labute approximate surface area is 161 Å². The van der Waals surface area contributed by atoms with E-state index in [4.69, 9.17) is 4.74 Å². The van der Waals surface area contributed by atoms with Gasteiger partial charge in [0, 0.05) is 30.2 Å². The SMILES string of the molecule is CN(C)Cc1cc(C#CC2CC2)ccc1-c1cn(CC2CCCCO2)nn1. The number of ether oxygens (including phenoxy) is 1. The van der Waals surface area contributed by atoms with Crippen LogP contribution in [0.25, 0.3) is 11.3 Å². The van der Waals surface area contributed by atoms with Crippen LogP contribution in [-0.2, 0) is 17.8 Å². The average Bonchev–Trinajstić information content (AvgIpc) is 3.38. The zero-order valence-corrected chi connectivity index (χ0v) is 16.3. The third-order valence-electron chi connectivity index (χ3n) is 5.07. The molecule has 2 heterocycles. The summed E-state index contributed by atoms with van der Waals surface area (Å²) < 4.78 is 7.75. The molecule has 1 atom stereocenters. The second-order valence-electron chi connectivity index (χ2n) is 7.97. The molecule has 1 aliphatic carbocycles. The highest BCUT2D eigenvalue weighted by molar-refractivity contribution is 5.64. The maximum atomic E-state index is 5.83. The Morgan fingerprint density at radius 2 is 2.11 bits per heavy atom. The van der Waals surface area contributed by atoms with Gasteiger partial charge in [0.25, 0.3) is 0 Å². The summed E-state index contributed by atoms with van der Waals surface area (Å²) in [6, 6.07) is 6.45. The Bertz CT molecular complexity index is 835. The van der Waals surface area contributed by atoms with E-state index in [-0.39, 0.29) is 6.10 Å². The fourth-order valence-corrected chi connectivity index (χ4v) is 3.48. The van der Waals surface area contributed by atoms with Gasteiger partial charge in [0.1, 0.15) is 5.69 Å². The van der Waals surface area contributed by atoms with Crippen LogP contribution >= 0.6 is 0 Å². The summed E-state index contributed by atoms with van der Waals surface area (Å²) in [7, 11) is 4.17. The average molecular weight is 364 g/mol. The van der Waals surface area contributed by atoms with E-state index in [9.17, 15) is 0 Å². The second-order valence-corrected chi connectivity index (χ2v) is 7.97. The van der Waals surface area contributed by atoms with Crippen LogP contribution < -0.4 is 0 Å². The highest BCUT2D eigenvalue weighted by atomic mass is 16.5. The minimum absolute atomic E-state index is 0.259. The topological polar surface area (TPSA) is 43.2 Å². The molecular formula is C22H28N4O. The molecule has 0 bridgehead atoms. The summed E-state index contributed by atoms with van der Waals surface area (Å²) >= 11 is 0. The van der Waals surface area contributed by atoms with Gasteiger partial charge in [-0.05, 0) is 63.9 Å². The van der Waals surface area contributed by atoms with Crippen molar-refractivity contribution in [3.05, 3.63) is 35.5 Å². The largest absolute Gasteiger partial charge is 0.376 e. The predicted octanol–water partition coefficient (Wildman–Crippen LogP) is 3.34. The minimum atomic E-state index is 0.259. The molecule has 142 valence electrons. The number of hydrogen-bond acceptors (Lipinski definition) is 4. The van der Waals surface area contributed by atoms with E-state index in [0.717, 1.165) is 42.9 Å². The van der Waals surface area contributed by atoms with Crippen molar-refractivity contribution < 1.29 is 4.74 Å². The van der Waals surface area contributed by atoms with E-state index >= 15 is 0 Å². The number of aromatic nitrogens is 3. The summed E-state index contributed by atoms with van der Waals surface area (Å²) in [5.74, 6) is 7.30. The van der Waals surface area contributed by atoms with Crippen LogP contribution in [0.4, 0.5) is 0 Å². The molecule has 1 aromatic heterocycles. The number of benzene rings is 1. The highest BCUT2D eigenvalue weighted by Gasteiger charge is 2.18. The molecule has 5 heteroatoms. The molecule has 0 N–H and O–H groups in total. The second kappa shape index (κ2) is 8.24. The molecule has 0 radical (unpaired) electrons. The minimum Gasteiger partial charge on any atom is -0.376 e. The number of rotatable bonds is 5. The van der Waals surface area contributed by atoms with Gasteiger partial charge in [-0.3, -0.25) is 0 Å². The van der Waals surface area contributed by atoms with Gasteiger partial charge in [-0.25, -0.2) is 4.68 Å². The molecule has 0 spiro atoms. The molecule has 2 aromatic rings. The first kappa shape index (κ1) is 18.2. The number of hydrogen-bond donors (Lipinski definition) is 0. The normalized spacial score (nSPS) is 19.7. The van der Waals surface area contributed by atoms with Crippen molar-refractivity contribution >= 4 is 0 Å². The van der Waals surface area contributed by atoms with E-state index in [2.05, 4.69) is 59.3 Å². The molecule has 5 nitrogen and oxygen atoms in total. The summed E-state index contributed by atoms with van der Waals surface area (Å²) in [5.41, 5.74) is 4.38. The lowest BCUT2D eigenvalue weighted by molar-refractivity contribution is 0.00370. The third kappa shape index (κ3) is 4.97. The Balaban J connectivity index is 1.55. The van der Waals surface area contributed by atoms with E-state index in [1.54, 1.807) is 0 Å². The predicted molar refractivity (Wildman–Crippen MR) is 106 cm³/mol. The van der Waals surface area contributed by atoms with Gasteiger partial charge in [0.05, 0.1) is 18.8 Å².